The molecule has 1 aliphatic rings. The predicted molar refractivity (Wildman–Crippen MR) is 69.7 cm³/mol. The molecule has 0 fully saturated rings. The Morgan fingerprint density at radius 3 is 2.35 bits per heavy atom. The summed E-state index contributed by atoms with van der Waals surface area (Å²) in [7, 11) is 0. The van der Waals surface area contributed by atoms with Gasteiger partial charge in [-0.05, 0) is 32.1 Å². The van der Waals surface area contributed by atoms with Crippen LogP contribution in [0.3, 0.4) is 0 Å². The van der Waals surface area contributed by atoms with Gasteiger partial charge in [-0.3, -0.25) is 0 Å². The SMILES string of the molecule is CCN(CC)C1=C(F)C(F)=C(/C(N)=C/S)CC1. The van der Waals surface area contributed by atoms with Crippen molar-refractivity contribution in [2.24, 2.45) is 5.73 Å². The predicted octanol–water partition coefficient (Wildman–Crippen LogP) is 3.26. The third-order valence-electron chi connectivity index (χ3n) is 2.96. The molecule has 0 bridgehead atoms. The van der Waals surface area contributed by atoms with Crippen molar-refractivity contribution in [1.29, 1.82) is 0 Å². The molecule has 0 heterocycles. The van der Waals surface area contributed by atoms with Crippen molar-refractivity contribution < 1.29 is 8.78 Å². The van der Waals surface area contributed by atoms with Crippen molar-refractivity contribution in [2.75, 3.05) is 13.1 Å². The Labute approximate surface area is 106 Å². The Kier molecular flexibility index (Phi) is 5.05. The molecule has 2 nitrogen and oxygen atoms in total. The Balaban J connectivity index is 3.14. The van der Waals surface area contributed by atoms with Crippen LogP contribution in [0, 0.1) is 0 Å². The molecule has 0 aliphatic heterocycles. The van der Waals surface area contributed by atoms with Gasteiger partial charge >= 0.3 is 0 Å². The number of halogens is 2. The van der Waals surface area contributed by atoms with Crippen LogP contribution >= 0.6 is 12.6 Å². The first-order valence-corrected chi connectivity index (χ1v) is 6.21. The molecule has 1 aliphatic carbocycles. The van der Waals surface area contributed by atoms with Crippen molar-refractivity contribution in [3.05, 3.63) is 34.0 Å². The molecule has 0 amide bonds. The fourth-order valence-electron chi connectivity index (χ4n) is 1.97. The number of nitrogens with two attached hydrogens (primary N) is 1. The number of hydrogen-bond donors (Lipinski definition) is 2. The highest BCUT2D eigenvalue weighted by Crippen LogP contribution is 2.35. The molecule has 0 radical (unpaired) electrons. The maximum absolute atomic E-state index is 13.9. The quantitative estimate of drug-likeness (QED) is 0.760. The summed E-state index contributed by atoms with van der Waals surface area (Å²) in [6.45, 7) is 5.17. The lowest BCUT2D eigenvalue weighted by Crippen LogP contribution is -2.25. The number of rotatable bonds is 4. The number of allylic oxidation sites excluding steroid dienone is 4. The van der Waals surface area contributed by atoms with Crippen LogP contribution in [-0.4, -0.2) is 18.0 Å². The molecule has 17 heavy (non-hydrogen) atoms. The summed E-state index contributed by atoms with van der Waals surface area (Å²) in [5.41, 5.74) is 6.41. The minimum atomic E-state index is -0.846. The molecule has 0 aromatic heterocycles. The maximum Gasteiger partial charge on any atom is 0.178 e. The average Bonchev–Trinajstić information content (AvgIpc) is 2.35. The molecule has 0 unspecified atom stereocenters. The third-order valence-corrected chi connectivity index (χ3v) is 3.23. The number of nitrogens with zero attached hydrogens (tertiary/aromatic N) is 1. The highest BCUT2D eigenvalue weighted by Gasteiger charge is 2.25. The fraction of sp³-hybridized carbons (Fsp3) is 0.500. The highest BCUT2D eigenvalue weighted by atomic mass is 32.1. The minimum Gasteiger partial charge on any atom is -0.398 e. The van der Waals surface area contributed by atoms with Crippen LogP contribution in [0.15, 0.2) is 34.0 Å². The maximum atomic E-state index is 13.9. The van der Waals surface area contributed by atoms with Crippen LogP contribution in [0.1, 0.15) is 26.7 Å². The molecular formula is C12H18F2N2S. The molecule has 1 rings (SSSR count). The van der Waals surface area contributed by atoms with E-state index in [1.165, 1.54) is 5.41 Å². The van der Waals surface area contributed by atoms with Gasteiger partial charge in [-0.15, -0.1) is 12.6 Å². The summed E-state index contributed by atoms with van der Waals surface area (Å²) >= 11 is 3.86. The van der Waals surface area contributed by atoms with E-state index in [4.69, 9.17) is 5.73 Å². The average molecular weight is 260 g/mol. The van der Waals surface area contributed by atoms with Crippen LogP contribution in [0.2, 0.25) is 0 Å². The molecular weight excluding hydrogens is 242 g/mol. The Bertz CT molecular complexity index is 382. The second-order valence-electron chi connectivity index (χ2n) is 3.81. The first kappa shape index (κ1) is 14.1. The lowest BCUT2D eigenvalue weighted by molar-refractivity contribution is 0.339. The molecule has 2 N–H and O–H groups in total. The highest BCUT2D eigenvalue weighted by molar-refractivity contribution is 7.83. The second kappa shape index (κ2) is 6.10. The van der Waals surface area contributed by atoms with Gasteiger partial charge in [0, 0.05) is 24.4 Å². The van der Waals surface area contributed by atoms with Gasteiger partial charge in [0.15, 0.2) is 11.7 Å². The molecule has 0 aromatic rings. The van der Waals surface area contributed by atoms with Gasteiger partial charge in [0.2, 0.25) is 0 Å². The van der Waals surface area contributed by atoms with Crippen molar-refractivity contribution in [1.82, 2.24) is 4.90 Å². The van der Waals surface area contributed by atoms with Crippen molar-refractivity contribution in [3.8, 4) is 0 Å². The van der Waals surface area contributed by atoms with Crippen LogP contribution in [0.4, 0.5) is 8.78 Å². The lowest BCUT2D eigenvalue weighted by atomic mass is 9.98. The topological polar surface area (TPSA) is 29.3 Å². The Morgan fingerprint density at radius 1 is 1.29 bits per heavy atom. The molecule has 0 saturated heterocycles. The smallest absolute Gasteiger partial charge is 0.178 e. The summed E-state index contributed by atoms with van der Waals surface area (Å²) in [6.07, 6.45) is 0.882. The molecule has 0 saturated carbocycles. The first-order chi connectivity index (χ1) is 8.06. The molecule has 0 spiro atoms. The van der Waals surface area contributed by atoms with Crippen LogP contribution in [0.25, 0.3) is 0 Å². The molecule has 0 aromatic carbocycles. The summed E-state index contributed by atoms with van der Waals surface area (Å²) in [5.74, 6) is -1.63. The number of hydrogen-bond acceptors (Lipinski definition) is 3. The van der Waals surface area contributed by atoms with E-state index in [1.807, 2.05) is 18.7 Å². The first-order valence-electron chi connectivity index (χ1n) is 5.69. The van der Waals surface area contributed by atoms with E-state index in [0.717, 1.165) is 0 Å². The van der Waals surface area contributed by atoms with E-state index in [-0.39, 0.29) is 11.3 Å². The summed E-state index contributed by atoms with van der Waals surface area (Å²) in [4.78, 5) is 1.83. The van der Waals surface area contributed by atoms with Gasteiger partial charge < -0.3 is 10.6 Å². The van der Waals surface area contributed by atoms with Crippen molar-refractivity contribution in [3.63, 3.8) is 0 Å². The van der Waals surface area contributed by atoms with Gasteiger partial charge in [0.25, 0.3) is 0 Å². The minimum absolute atomic E-state index is 0.194. The largest absolute Gasteiger partial charge is 0.398 e. The molecule has 5 heteroatoms. The van der Waals surface area contributed by atoms with Gasteiger partial charge in [0.05, 0.1) is 5.70 Å². The zero-order valence-corrected chi connectivity index (χ0v) is 11.0. The van der Waals surface area contributed by atoms with E-state index < -0.39 is 11.7 Å². The van der Waals surface area contributed by atoms with E-state index in [2.05, 4.69) is 12.6 Å². The Morgan fingerprint density at radius 2 is 1.88 bits per heavy atom. The zero-order chi connectivity index (χ0) is 13.0. The third kappa shape index (κ3) is 2.83. The van der Waals surface area contributed by atoms with Gasteiger partial charge in [0.1, 0.15) is 0 Å². The van der Waals surface area contributed by atoms with Gasteiger partial charge in [-0.25, -0.2) is 8.78 Å². The zero-order valence-electron chi connectivity index (χ0n) is 10.1. The van der Waals surface area contributed by atoms with Crippen LogP contribution < -0.4 is 5.73 Å². The van der Waals surface area contributed by atoms with Crippen molar-refractivity contribution in [2.45, 2.75) is 26.7 Å². The van der Waals surface area contributed by atoms with Crippen LogP contribution in [0.5, 0.6) is 0 Å². The summed E-state index contributed by atoms with van der Waals surface area (Å²) in [5, 5.41) is 1.30. The fourth-order valence-corrected chi connectivity index (χ4v) is 2.13. The Hall–Kier alpha value is -0.970. The number of thiol groups is 1. The molecule has 96 valence electrons. The van der Waals surface area contributed by atoms with E-state index in [9.17, 15) is 8.78 Å². The summed E-state index contributed by atoms with van der Waals surface area (Å²) in [6, 6.07) is 0. The second-order valence-corrected chi connectivity index (χ2v) is 4.07. The summed E-state index contributed by atoms with van der Waals surface area (Å²) < 4.78 is 27.7. The lowest BCUT2D eigenvalue weighted by Gasteiger charge is -2.28. The molecule has 0 atom stereocenters. The van der Waals surface area contributed by atoms with E-state index in [0.29, 0.717) is 31.6 Å². The normalized spacial score (nSPS) is 17.8. The standard InChI is InChI=1S/C12H18F2N2S/c1-3-16(4-2)10-6-5-8(9(15)7-17)11(13)12(10)14/h7,17H,3-6,15H2,1-2H3/b9-7-. The van der Waals surface area contributed by atoms with Crippen LogP contribution in [-0.2, 0) is 0 Å². The monoisotopic (exact) mass is 260 g/mol. The van der Waals surface area contributed by atoms with Gasteiger partial charge in [-0.1, -0.05) is 0 Å². The van der Waals surface area contributed by atoms with E-state index in [1.54, 1.807) is 0 Å². The van der Waals surface area contributed by atoms with Gasteiger partial charge in [-0.2, -0.15) is 0 Å². The van der Waals surface area contributed by atoms with E-state index >= 15 is 0 Å². The van der Waals surface area contributed by atoms with Crippen molar-refractivity contribution >= 4 is 12.6 Å².